The summed E-state index contributed by atoms with van der Waals surface area (Å²) in [5.74, 6) is -1.79. The van der Waals surface area contributed by atoms with E-state index in [1.165, 1.54) is 17.0 Å². The van der Waals surface area contributed by atoms with Crippen LogP contribution in [0.1, 0.15) is 22.7 Å². The van der Waals surface area contributed by atoms with Crippen LogP contribution in [0, 0.1) is 25.6 Å². The molecule has 0 spiro atoms. The van der Waals surface area contributed by atoms with Gasteiger partial charge in [0.25, 0.3) is 5.91 Å². The lowest BCUT2D eigenvalue weighted by atomic mass is 9.90. The first-order valence-corrected chi connectivity index (χ1v) is 10.2. The van der Waals surface area contributed by atoms with Crippen molar-refractivity contribution in [3.63, 3.8) is 0 Å². The summed E-state index contributed by atoms with van der Waals surface area (Å²) in [5.41, 5.74) is 3.74. The normalized spacial score (nSPS) is 22.9. The maximum atomic E-state index is 13.7. The third-order valence-electron chi connectivity index (χ3n) is 6.00. The van der Waals surface area contributed by atoms with Gasteiger partial charge in [-0.15, -0.1) is 0 Å². The number of carbonyl (C=O) groups excluding carboxylic acids is 2. The van der Waals surface area contributed by atoms with Crippen LogP contribution in [0.25, 0.3) is 0 Å². The number of para-hydroxylation sites is 2. The molecule has 0 N–H and O–H groups in total. The van der Waals surface area contributed by atoms with Crippen molar-refractivity contribution in [1.82, 2.24) is 0 Å². The van der Waals surface area contributed by atoms with E-state index in [9.17, 15) is 14.0 Å². The topological polar surface area (TPSA) is 49.9 Å². The number of halogens is 1. The fraction of sp³-hybridized carbons (Fsp3) is 0.200. The van der Waals surface area contributed by atoms with Crippen molar-refractivity contribution in [1.29, 1.82) is 0 Å². The summed E-state index contributed by atoms with van der Waals surface area (Å²) in [4.78, 5) is 34.4. The minimum Gasteiger partial charge on any atom is -0.273 e. The highest BCUT2D eigenvalue weighted by atomic mass is 19.1. The number of hydrogen-bond donors (Lipinski definition) is 0. The molecular weight excluding hydrogens is 395 g/mol. The lowest BCUT2D eigenvalue weighted by Crippen LogP contribution is -2.38. The summed E-state index contributed by atoms with van der Waals surface area (Å²) in [7, 11) is 0. The quantitative estimate of drug-likeness (QED) is 0.590. The fourth-order valence-corrected chi connectivity index (χ4v) is 4.59. The van der Waals surface area contributed by atoms with Crippen LogP contribution >= 0.6 is 0 Å². The predicted octanol–water partition coefficient (Wildman–Crippen LogP) is 4.49. The Kier molecular flexibility index (Phi) is 4.59. The zero-order valence-electron chi connectivity index (χ0n) is 17.2. The number of benzene rings is 3. The molecule has 2 heterocycles. The van der Waals surface area contributed by atoms with Crippen molar-refractivity contribution in [2.45, 2.75) is 26.0 Å². The molecule has 5 nitrogen and oxygen atoms in total. The highest BCUT2D eigenvalue weighted by Gasteiger charge is 2.60. The van der Waals surface area contributed by atoms with E-state index in [4.69, 9.17) is 4.84 Å². The van der Waals surface area contributed by atoms with Crippen LogP contribution in [0.4, 0.5) is 15.8 Å². The zero-order chi connectivity index (χ0) is 21.7. The molecule has 2 aliphatic heterocycles. The van der Waals surface area contributed by atoms with Gasteiger partial charge in [0.1, 0.15) is 11.7 Å². The van der Waals surface area contributed by atoms with E-state index in [0.717, 1.165) is 16.8 Å². The molecule has 2 saturated heterocycles. The summed E-state index contributed by atoms with van der Waals surface area (Å²) in [6.07, 6.45) is -0.943. The second-order valence-corrected chi connectivity index (χ2v) is 7.96. The summed E-state index contributed by atoms with van der Waals surface area (Å²) >= 11 is 0. The summed E-state index contributed by atoms with van der Waals surface area (Å²) in [6, 6.07) is 20.4. The number of carbonyl (C=O) groups is 2. The van der Waals surface area contributed by atoms with Crippen molar-refractivity contribution in [3.05, 3.63) is 95.3 Å². The number of rotatable bonds is 3. The lowest BCUT2D eigenvalue weighted by molar-refractivity contribution is -0.126. The van der Waals surface area contributed by atoms with Crippen molar-refractivity contribution in [2.24, 2.45) is 5.92 Å². The largest absolute Gasteiger partial charge is 0.273 e. The van der Waals surface area contributed by atoms with Gasteiger partial charge in [0.15, 0.2) is 6.10 Å². The highest BCUT2D eigenvalue weighted by Crippen LogP contribution is 2.48. The molecule has 156 valence electrons. The van der Waals surface area contributed by atoms with Gasteiger partial charge in [-0.05, 0) is 54.8 Å². The Bertz CT molecular complexity index is 1140. The maximum Gasteiger partial charge on any atom is 0.266 e. The molecule has 0 unspecified atom stereocenters. The molecule has 0 bridgehead atoms. The third kappa shape index (κ3) is 3.02. The molecule has 3 aromatic rings. The number of fused-ring (bicyclic) bond motifs is 1. The highest BCUT2D eigenvalue weighted by molar-refractivity contribution is 6.24. The molecule has 0 saturated carbocycles. The molecule has 3 aromatic carbocycles. The van der Waals surface area contributed by atoms with E-state index in [1.807, 2.05) is 62.4 Å². The van der Waals surface area contributed by atoms with Crippen LogP contribution in [0.2, 0.25) is 0 Å². The molecular formula is C25H21FN2O3. The van der Waals surface area contributed by atoms with Gasteiger partial charge >= 0.3 is 0 Å². The van der Waals surface area contributed by atoms with Gasteiger partial charge < -0.3 is 0 Å². The van der Waals surface area contributed by atoms with Crippen molar-refractivity contribution in [2.75, 3.05) is 9.96 Å². The molecule has 3 atom stereocenters. The van der Waals surface area contributed by atoms with Crippen molar-refractivity contribution >= 4 is 23.2 Å². The molecule has 0 aliphatic carbocycles. The Morgan fingerprint density at radius 1 is 0.806 bits per heavy atom. The number of imide groups is 1. The minimum atomic E-state index is -0.943. The van der Waals surface area contributed by atoms with Gasteiger partial charge in [-0.2, -0.15) is 0 Å². The van der Waals surface area contributed by atoms with Gasteiger partial charge in [-0.1, -0.05) is 48.5 Å². The van der Waals surface area contributed by atoms with E-state index < -0.39 is 18.1 Å². The molecule has 2 aliphatic rings. The summed E-state index contributed by atoms with van der Waals surface area (Å²) < 4.78 is 13.6. The van der Waals surface area contributed by atoms with Gasteiger partial charge in [-0.25, -0.2) is 14.4 Å². The van der Waals surface area contributed by atoms with Crippen molar-refractivity contribution < 1.29 is 18.8 Å². The fourth-order valence-electron chi connectivity index (χ4n) is 4.59. The van der Waals surface area contributed by atoms with E-state index in [-0.39, 0.29) is 17.6 Å². The Morgan fingerprint density at radius 2 is 1.45 bits per heavy atom. The molecule has 2 amide bonds. The molecule has 0 aromatic heterocycles. The third-order valence-corrected chi connectivity index (χ3v) is 6.00. The van der Waals surface area contributed by atoms with Gasteiger partial charge in [0, 0.05) is 0 Å². The average molecular weight is 416 g/mol. The standard InChI is InChI=1S/C25H21FN2O3/c1-15-7-6-8-16(2)21(15)27-24(29)20-22(17-11-13-18(26)14-12-17)28(31-23(20)25(27)30)19-9-4-3-5-10-19/h3-14,20,22-23H,1-2H3/t20-,22-,23-/m1/s1. The van der Waals surface area contributed by atoms with Crippen LogP contribution in [0.5, 0.6) is 0 Å². The first-order valence-electron chi connectivity index (χ1n) is 10.2. The SMILES string of the molecule is Cc1cccc(C)c1N1C(=O)[C@@H]2[C@@H](c3ccc(F)cc3)N(c3ccccc3)O[C@H]2C1=O. The summed E-state index contributed by atoms with van der Waals surface area (Å²) in [6.45, 7) is 3.76. The number of aryl methyl sites for hydroxylation is 2. The Hall–Kier alpha value is -3.51. The first kappa shape index (κ1) is 19.5. The zero-order valence-corrected chi connectivity index (χ0v) is 17.2. The van der Waals surface area contributed by atoms with Crippen LogP contribution < -0.4 is 9.96 Å². The second kappa shape index (κ2) is 7.32. The van der Waals surface area contributed by atoms with Gasteiger partial charge in [0.2, 0.25) is 5.91 Å². The van der Waals surface area contributed by atoms with Crippen LogP contribution in [0.15, 0.2) is 72.8 Å². The van der Waals surface area contributed by atoms with Gasteiger partial charge in [-0.3, -0.25) is 14.4 Å². The summed E-state index contributed by atoms with van der Waals surface area (Å²) in [5, 5.41) is 1.61. The number of hydroxylamine groups is 1. The van der Waals surface area contributed by atoms with E-state index >= 15 is 0 Å². The number of amides is 2. The maximum absolute atomic E-state index is 13.7. The number of nitrogens with zero attached hydrogens (tertiary/aromatic N) is 2. The smallest absolute Gasteiger partial charge is 0.266 e. The number of hydrogen-bond acceptors (Lipinski definition) is 4. The Labute approximate surface area is 179 Å². The molecule has 6 heteroatoms. The van der Waals surface area contributed by atoms with Gasteiger partial charge in [0.05, 0.1) is 17.4 Å². The van der Waals surface area contributed by atoms with E-state index in [1.54, 1.807) is 17.2 Å². The number of anilines is 2. The molecule has 5 rings (SSSR count). The Balaban J connectivity index is 1.61. The second-order valence-electron chi connectivity index (χ2n) is 7.96. The van der Waals surface area contributed by atoms with E-state index in [2.05, 4.69) is 0 Å². The van der Waals surface area contributed by atoms with Crippen molar-refractivity contribution in [3.8, 4) is 0 Å². The van der Waals surface area contributed by atoms with Crippen LogP contribution in [-0.2, 0) is 14.4 Å². The Morgan fingerprint density at radius 3 is 2.10 bits per heavy atom. The minimum absolute atomic E-state index is 0.305. The molecule has 2 fully saturated rings. The predicted molar refractivity (Wildman–Crippen MR) is 115 cm³/mol. The first-order chi connectivity index (χ1) is 15.0. The molecule has 31 heavy (non-hydrogen) atoms. The average Bonchev–Trinajstić information content (AvgIpc) is 3.27. The lowest BCUT2D eigenvalue weighted by Gasteiger charge is -2.29. The van der Waals surface area contributed by atoms with Crippen LogP contribution in [-0.4, -0.2) is 17.9 Å². The van der Waals surface area contributed by atoms with E-state index in [0.29, 0.717) is 11.3 Å². The molecule has 0 radical (unpaired) electrons. The van der Waals surface area contributed by atoms with Crippen LogP contribution in [0.3, 0.4) is 0 Å². The monoisotopic (exact) mass is 416 g/mol.